The van der Waals surface area contributed by atoms with Gasteiger partial charge in [-0.1, -0.05) is 23.4 Å². The molecule has 1 aromatic heterocycles. The number of amides is 1. The van der Waals surface area contributed by atoms with Crippen LogP contribution in [0.1, 0.15) is 48.3 Å². The molecular formula is C23H26N4O4S. The van der Waals surface area contributed by atoms with Crippen LogP contribution < -0.4 is 10.0 Å². The van der Waals surface area contributed by atoms with E-state index in [9.17, 15) is 13.2 Å². The van der Waals surface area contributed by atoms with Gasteiger partial charge in [0.25, 0.3) is 0 Å². The van der Waals surface area contributed by atoms with Gasteiger partial charge in [0, 0.05) is 17.2 Å². The number of aryl methyl sites for hydroxylation is 3. The summed E-state index contributed by atoms with van der Waals surface area (Å²) in [5.41, 5.74) is 3.85. The van der Waals surface area contributed by atoms with E-state index in [0.717, 1.165) is 24.0 Å². The monoisotopic (exact) mass is 454 g/mol. The van der Waals surface area contributed by atoms with Crippen LogP contribution in [-0.2, 0) is 14.8 Å². The zero-order valence-electron chi connectivity index (χ0n) is 18.5. The van der Waals surface area contributed by atoms with Gasteiger partial charge in [-0.3, -0.25) is 4.79 Å². The van der Waals surface area contributed by atoms with Gasteiger partial charge in [-0.25, -0.2) is 8.42 Å². The van der Waals surface area contributed by atoms with Crippen LogP contribution in [0.2, 0.25) is 0 Å². The van der Waals surface area contributed by atoms with Crippen molar-refractivity contribution < 1.29 is 17.7 Å². The Balaban J connectivity index is 1.51. The Labute approximate surface area is 187 Å². The minimum Gasteiger partial charge on any atom is -0.339 e. The Hall–Kier alpha value is -3.04. The Kier molecular flexibility index (Phi) is 5.87. The number of hydrogen-bond acceptors (Lipinski definition) is 6. The highest BCUT2D eigenvalue weighted by atomic mass is 32.2. The topological polar surface area (TPSA) is 114 Å². The first-order chi connectivity index (χ1) is 15.1. The molecule has 8 nitrogen and oxygen atoms in total. The SMILES string of the molecule is Cc1ccc(NC(=O)[C@H](C)NS(=O)(=O)c2cc(-c3noc(C4CC4)n3)ccc2C)cc1C. The lowest BCUT2D eigenvalue weighted by Gasteiger charge is -2.16. The first kappa shape index (κ1) is 22.2. The molecule has 0 unspecified atom stereocenters. The predicted octanol–water partition coefficient (Wildman–Crippen LogP) is 3.84. The molecule has 0 saturated heterocycles. The lowest BCUT2D eigenvalue weighted by Crippen LogP contribution is -2.41. The van der Waals surface area contributed by atoms with E-state index in [1.54, 1.807) is 25.1 Å². The average molecular weight is 455 g/mol. The zero-order valence-corrected chi connectivity index (χ0v) is 19.3. The number of nitrogens with one attached hydrogen (secondary N) is 2. The largest absolute Gasteiger partial charge is 0.339 e. The average Bonchev–Trinajstić information content (AvgIpc) is 3.47. The molecule has 9 heteroatoms. The van der Waals surface area contributed by atoms with Gasteiger partial charge in [-0.2, -0.15) is 9.71 Å². The highest BCUT2D eigenvalue weighted by Crippen LogP contribution is 2.39. The minimum atomic E-state index is -3.97. The number of anilines is 1. The van der Waals surface area contributed by atoms with Crippen LogP contribution in [0.5, 0.6) is 0 Å². The highest BCUT2D eigenvalue weighted by Gasteiger charge is 2.30. The van der Waals surface area contributed by atoms with Crippen LogP contribution in [0.4, 0.5) is 5.69 Å². The molecule has 4 rings (SSSR count). The maximum absolute atomic E-state index is 13.1. The van der Waals surface area contributed by atoms with Crippen molar-refractivity contribution in [3.05, 3.63) is 59.0 Å². The number of rotatable bonds is 7. The molecule has 1 atom stereocenters. The van der Waals surface area contributed by atoms with E-state index in [4.69, 9.17) is 4.52 Å². The van der Waals surface area contributed by atoms with Gasteiger partial charge < -0.3 is 9.84 Å². The zero-order chi connectivity index (χ0) is 23.0. The fraction of sp³-hybridized carbons (Fsp3) is 0.348. The van der Waals surface area contributed by atoms with Crippen molar-refractivity contribution in [1.29, 1.82) is 0 Å². The molecule has 1 saturated carbocycles. The van der Waals surface area contributed by atoms with Gasteiger partial charge in [0.15, 0.2) is 0 Å². The van der Waals surface area contributed by atoms with Crippen molar-refractivity contribution >= 4 is 21.6 Å². The summed E-state index contributed by atoms with van der Waals surface area (Å²) in [4.78, 5) is 17.0. The number of aromatic nitrogens is 2. The van der Waals surface area contributed by atoms with Crippen molar-refractivity contribution in [2.24, 2.45) is 0 Å². The lowest BCUT2D eigenvalue weighted by molar-refractivity contribution is -0.117. The van der Waals surface area contributed by atoms with Gasteiger partial charge in [-0.05, 0) is 75.4 Å². The van der Waals surface area contributed by atoms with Crippen molar-refractivity contribution in [2.75, 3.05) is 5.32 Å². The van der Waals surface area contributed by atoms with E-state index in [1.807, 2.05) is 26.0 Å². The molecule has 2 aromatic carbocycles. The molecule has 1 aliphatic carbocycles. The molecule has 1 fully saturated rings. The standard InChI is InChI=1S/C23H26N4O4S/c1-13-6-10-19(11-15(13)3)24-22(28)16(4)27-32(29,30)20-12-18(7-5-14(20)2)21-25-23(31-26-21)17-8-9-17/h5-7,10-12,16-17,27H,8-9H2,1-4H3,(H,24,28)/t16-/m0/s1. The molecule has 1 aliphatic rings. The van der Waals surface area contributed by atoms with Crippen molar-refractivity contribution in [3.63, 3.8) is 0 Å². The van der Waals surface area contributed by atoms with Gasteiger partial charge in [0.1, 0.15) is 0 Å². The van der Waals surface area contributed by atoms with Crippen LogP contribution in [0.15, 0.2) is 45.8 Å². The Bertz CT molecular complexity index is 1280. The second kappa shape index (κ2) is 8.48. The van der Waals surface area contributed by atoms with Gasteiger partial charge >= 0.3 is 0 Å². The first-order valence-electron chi connectivity index (χ1n) is 10.5. The Morgan fingerprint density at radius 2 is 1.78 bits per heavy atom. The summed E-state index contributed by atoms with van der Waals surface area (Å²) in [6, 6.07) is 9.52. The van der Waals surface area contributed by atoms with Crippen LogP contribution in [-0.4, -0.2) is 30.5 Å². The minimum absolute atomic E-state index is 0.0682. The van der Waals surface area contributed by atoms with E-state index >= 15 is 0 Å². The molecule has 0 spiro atoms. The summed E-state index contributed by atoms with van der Waals surface area (Å²) in [6.07, 6.45) is 2.06. The van der Waals surface area contributed by atoms with E-state index in [0.29, 0.717) is 34.4 Å². The second-order valence-corrected chi connectivity index (χ2v) is 10.0. The Morgan fingerprint density at radius 1 is 1.06 bits per heavy atom. The molecule has 0 radical (unpaired) electrons. The molecule has 168 valence electrons. The summed E-state index contributed by atoms with van der Waals surface area (Å²) in [6.45, 7) is 7.14. The van der Waals surface area contributed by atoms with Crippen LogP contribution in [0.25, 0.3) is 11.4 Å². The molecule has 0 aliphatic heterocycles. The number of carbonyl (C=O) groups is 1. The predicted molar refractivity (Wildman–Crippen MR) is 121 cm³/mol. The van der Waals surface area contributed by atoms with Gasteiger partial charge in [0.2, 0.25) is 27.6 Å². The fourth-order valence-electron chi connectivity index (χ4n) is 3.30. The second-order valence-electron chi connectivity index (χ2n) is 8.34. The number of carbonyl (C=O) groups excluding carboxylic acids is 1. The van der Waals surface area contributed by atoms with Crippen molar-refractivity contribution in [2.45, 2.75) is 57.4 Å². The molecule has 3 aromatic rings. The third-order valence-electron chi connectivity index (χ3n) is 5.60. The van der Waals surface area contributed by atoms with Crippen molar-refractivity contribution in [3.8, 4) is 11.4 Å². The summed E-state index contributed by atoms with van der Waals surface area (Å²) < 4.78 is 33.9. The number of hydrogen-bond donors (Lipinski definition) is 2. The van der Waals surface area contributed by atoms with Gasteiger partial charge in [0.05, 0.1) is 10.9 Å². The number of sulfonamides is 1. The number of nitrogens with zero attached hydrogens (tertiary/aromatic N) is 2. The van der Waals surface area contributed by atoms with E-state index in [1.165, 1.54) is 13.0 Å². The summed E-state index contributed by atoms with van der Waals surface area (Å²) in [5, 5.41) is 6.74. The third-order valence-corrected chi connectivity index (χ3v) is 7.29. The molecule has 1 heterocycles. The maximum atomic E-state index is 13.1. The highest BCUT2D eigenvalue weighted by molar-refractivity contribution is 7.89. The normalized spacial score (nSPS) is 14.9. The van der Waals surface area contributed by atoms with Gasteiger partial charge in [-0.15, -0.1) is 0 Å². The molecule has 2 N–H and O–H groups in total. The Morgan fingerprint density at radius 3 is 2.47 bits per heavy atom. The molecular weight excluding hydrogens is 428 g/mol. The summed E-state index contributed by atoms with van der Waals surface area (Å²) in [7, 11) is -3.97. The van der Waals surface area contributed by atoms with Crippen LogP contribution in [0, 0.1) is 20.8 Å². The first-order valence-corrected chi connectivity index (χ1v) is 12.0. The fourth-order valence-corrected chi connectivity index (χ4v) is 4.77. The molecule has 32 heavy (non-hydrogen) atoms. The van der Waals surface area contributed by atoms with E-state index < -0.39 is 22.0 Å². The van der Waals surface area contributed by atoms with E-state index in [2.05, 4.69) is 20.2 Å². The number of benzene rings is 2. The lowest BCUT2D eigenvalue weighted by atomic mass is 10.1. The van der Waals surface area contributed by atoms with E-state index in [-0.39, 0.29) is 4.90 Å². The van der Waals surface area contributed by atoms with Crippen molar-refractivity contribution in [1.82, 2.24) is 14.9 Å². The maximum Gasteiger partial charge on any atom is 0.242 e. The van der Waals surface area contributed by atoms with Crippen LogP contribution in [0.3, 0.4) is 0 Å². The molecule has 1 amide bonds. The summed E-state index contributed by atoms with van der Waals surface area (Å²) >= 11 is 0. The smallest absolute Gasteiger partial charge is 0.242 e. The van der Waals surface area contributed by atoms with Crippen LogP contribution >= 0.6 is 0 Å². The molecule has 0 bridgehead atoms. The third kappa shape index (κ3) is 4.73. The quantitative estimate of drug-likeness (QED) is 0.561. The summed E-state index contributed by atoms with van der Waals surface area (Å²) in [5.74, 6) is 0.796.